The molecule has 0 aromatic carbocycles. The van der Waals surface area contributed by atoms with Crippen molar-refractivity contribution in [3.63, 3.8) is 0 Å². The van der Waals surface area contributed by atoms with Gasteiger partial charge in [-0.1, -0.05) is 27.7 Å². The Balaban J connectivity index is 1.78. The number of nitrogens with two attached hydrogens (primary N) is 1. The zero-order chi connectivity index (χ0) is 15.5. The monoisotopic (exact) mass is 312 g/mol. The molecule has 3 unspecified atom stereocenters. The smallest absolute Gasteiger partial charge is 0.243 e. The van der Waals surface area contributed by atoms with Crippen molar-refractivity contribution in [2.24, 2.45) is 17.1 Å². The van der Waals surface area contributed by atoms with Gasteiger partial charge in [0.2, 0.25) is 5.91 Å². The van der Waals surface area contributed by atoms with Crippen molar-refractivity contribution in [1.29, 1.82) is 0 Å². The van der Waals surface area contributed by atoms with Crippen molar-refractivity contribution in [2.75, 3.05) is 25.4 Å². The van der Waals surface area contributed by atoms with Crippen LogP contribution in [0.4, 0.5) is 0 Å². The van der Waals surface area contributed by atoms with Gasteiger partial charge in [0.25, 0.3) is 0 Å². The topological polar surface area (TPSA) is 55.6 Å². The van der Waals surface area contributed by atoms with E-state index < -0.39 is 5.54 Å². The summed E-state index contributed by atoms with van der Waals surface area (Å²) in [6.45, 7) is 11.1. The number of fused-ring (bicyclic) bond motifs is 1. The second-order valence-corrected chi connectivity index (χ2v) is 9.73. The summed E-state index contributed by atoms with van der Waals surface area (Å²) < 4.78 is 6.06. The summed E-state index contributed by atoms with van der Waals surface area (Å²) in [5.74, 6) is 1.35. The maximum Gasteiger partial charge on any atom is 0.243 e. The number of thioether (sulfide) groups is 1. The van der Waals surface area contributed by atoms with E-state index in [0.29, 0.717) is 0 Å². The summed E-state index contributed by atoms with van der Waals surface area (Å²) in [6.07, 6.45) is 2.11. The zero-order valence-corrected chi connectivity index (χ0v) is 14.5. The first-order valence-corrected chi connectivity index (χ1v) is 9.02. The van der Waals surface area contributed by atoms with E-state index in [1.807, 2.05) is 16.7 Å². The Hall–Kier alpha value is -0.260. The highest BCUT2D eigenvalue weighted by atomic mass is 32.2. The van der Waals surface area contributed by atoms with Crippen LogP contribution in [0.1, 0.15) is 40.5 Å². The highest BCUT2D eigenvalue weighted by Crippen LogP contribution is 2.58. The molecule has 2 N–H and O–H groups in total. The van der Waals surface area contributed by atoms with Crippen molar-refractivity contribution in [3.8, 4) is 0 Å². The molecule has 0 radical (unpaired) electrons. The SMILES string of the molecule is CC1(C)CCN(C(=O)C2(N)C3CCOC3C2(C)C)CCS1. The minimum absolute atomic E-state index is 0.151. The molecule has 4 nitrogen and oxygen atoms in total. The lowest BCUT2D eigenvalue weighted by atomic mass is 9.47. The van der Waals surface area contributed by atoms with Gasteiger partial charge in [0.1, 0.15) is 5.54 Å². The van der Waals surface area contributed by atoms with Crippen LogP contribution in [0.5, 0.6) is 0 Å². The van der Waals surface area contributed by atoms with E-state index in [0.717, 1.165) is 38.3 Å². The molecule has 2 aliphatic heterocycles. The molecule has 3 rings (SSSR count). The van der Waals surface area contributed by atoms with Crippen LogP contribution in [0.25, 0.3) is 0 Å². The quantitative estimate of drug-likeness (QED) is 0.803. The van der Waals surface area contributed by atoms with Crippen LogP contribution in [0.2, 0.25) is 0 Å². The van der Waals surface area contributed by atoms with Gasteiger partial charge in [0, 0.05) is 41.5 Å². The molecule has 0 spiro atoms. The number of hydrogen-bond acceptors (Lipinski definition) is 4. The number of carbonyl (C=O) groups is 1. The number of hydrogen-bond donors (Lipinski definition) is 1. The molecule has 1 saturated carbocycles. The average Bonchev–Trinajstić information content (AvgIpc) is 2.81. The largest absolute Gasteiger partial charge is 0.377 e. The summed E-state index contributed by atoms with van der Waals surface area (Å²) in [7, 11) is 0. The van der Waals surface area contributed by atoms with E-state index in [2.05, 4.69) is 27.7 Å². The lowest BCUT2D eigenvalue weighted by Gasteiger charge is -2.61. The molecule has 0 bridgehead atoms. The minimum atomic E-state index is -0.743. The molecule has 5 heteroatoms. The van der Waals surface area contributed by atoms with Crippen LogP contribution in [0, 0.1) is 11.3 Å². The second kappa shape index (κ2) is 4.87. The molecule has 3 fully saturated rings. The van der Waals surface area contributed by atoms with Crippen LogP contribution in [-0.4, -0.2) is 52.6 Å². The van der Waals surface area contributed by atoms with Crippen LogP contribution in [-0.2, 0) is 9.53 Å². The lowest BCUT2D eigenvalue weighted by molar-refractivity contribution is -0.184. The molecule has 1 aliphatic carbocycles. The predicted octanol–water partition coefficient (Wildman–Crippen LogP) is 1.87. The molecule has 3 atom stereocenters. The first-order valence-electron chi connectivity index (χ1n) is 8.04. The molecule has 1 amide bonds. The van der Waals surface area contributed by atoms with Gasteiger partial charge in [-0.3, -0.25) is 4.79 Å². The van der Waals surface area contributed by atoms with Gasteiger partial charge in [-0.15, -0.1) is 0 Å². The Bertz CT molecular complexity index is 452. The number of carbonyl (C=O) groups excluding carboxylic acids is 1. The Morgan fingerprint density at radius 3 is 2.71 bits per heavy atom. The van der Waals surface area contributed by atoms with Gasteiger partial charge in [-0.05, 0) is 12.8 Å². The van der Waals surface area contributed by atoms with Crippen molar-refractivity contribution >= 4 is 17.7 Å². The van der Waals surface area contributed by atoms with E-state index in [4.69, 9.17) is 10.5 Å². The summed E-state index contributed by atoms with van der Waals surface area (Å²) in [6, 6.07) is 0. The average molecular weight is 312 g/mol. The van der Waals surface area contributed by atoms with Crippen molar-refractivity contribution in [2.45, 2.75) is 56.9 Å². The van der Waals surface area contributed by atoms with Gasteiger partial charge in [0.15, 0.2) is 0 Å². The molecule has 3 aliphatic rings. The lowest BCUT2D eigenvalue weighted by Crippen LogP contribution is -2.80. The fourth-order valence-corrected chi connectivity index (χ4v) is 5.40. The van der Waals surface area contributed by atoms with E-state index in [1.165, 1.54) is 0 Å². The molecule has 2 saturated heterocycles. The van der Waals surface area contributed by atoms with Crippen molar-refractivity contribution in [3.05, 3.63) is 0 Å². The first-order chi connectivity index (χ1) is 9.70. The molecule has 2 heterocycles. The molecular weight excluding hydrogens is 284 g/mol. The molecule has 120 valence electrons. The number of ether oxygens (including phenoxy) is 1. The molecule has 21 heavy (non-hydrogen) atoms. The summed E-state index contributed by atoms with van der Waals surface area (Å²) in [5, 5.41) is 0. The third-order valence-electron chi connectivity index (χ3n) is 5.93. The third-order valence-corrected chi connectivity index (χ3v) is 7.31. The summed E-state index contributed by atoms with van der Waals surface area (Å²) in [5.41, 5.74) is 5.67. The predicted molar refractivity (Wildman–Crippen MR) is 86.3 cm³/mol. The minimum Gasteiger partial charge on any atom is -0.377 e. The van der Waals surface area contributed by atoms with E-state index in [9.17, 15) is 4.79 Å². The van der Waals surface area contributed by atoms with Crippen LogP contribution in [0.15, 0.2) is 0 Å². The van der Waals surface area contributed by atoms with Gasteiger partial charge in [0.05, 0.1) is 6.10 Å². The van der Waals surface area contributed by atoms with Crippen molar-refractivity contribution < 1.29 is 9.53 Å². The Kier molecular flexibility index (Phi) is 3.62. The Labute approximate surface area is 132 Å². The van der Waals surface area contributed by atoms with E-state index in [-0.39, 0.29) is 28.1 Å². The number of rotatable bonds is 1. The second-order valence-electron chi connectivity index (χ2n) is 7.93. The highest BCUT2D eigenvalue weighted by molar-refractivity contribution is 8.00. The van der Waals surface area contributed by atoms with Crippen molar-refractivity contribution in [1.82, 2.24) is 4.90 Å². The van der Waals surface area contributed by atoms with Gasteiger partial charge >= 0.3 is 0 Å². The maximum atomic E-state index is 13.2. The third kappa shape index (κ3) is 2.15. The van der Waals surface area contributed by atoms with Crippen LogP contribution >= 0.6 is 11.8 Å². The fraction of sp³-hybridized carbons (Fsp3) is 0.938. The standard InChI is InChI=1S/C16H28N2O2S/c1-14(2)6-7-18(8-10-21-14)13(19)16(17)11-5-9-20-12(11)15(16,3)4/h11-12H,5-10,17H2,1-4H3. The normalized spacial score (nSPS) is 41.1. The van der Waals surface area contributed by atoms with Gasteiger partial charge < -0.3 is 15.4 Å². The van der Waals surface area contributed by atoms with Gasteiger partial charge in [-0.2, -0.15) is 11.8 Å². The Morgan fingerprint density at radius 1 is 1.29 bits per heavy atom. The Morgan fingerprint density at radius 2 is 2.00 bits per heavy atom. The van der Waals surface area contributed by atoms with E-state index in [1.54, 1.807) is 0 Å². The zero-order valence-electron chi connectivity index (χ0n) is 13.6. The van der Waals surface area contributed by atoms with E-state index >= 15 is 0 Å². The highest BCUT2D eigenvalue weighted by Gasteiger charge is 2.71. The number of amides is 1. The van der Waals surface area contributed by atoms with Gasteiger partial charge in [-0.25, -0.2) is 0 Å². The first kappa shape index (κ1) is 15.6. The fourth-order valence-electron chi connectivity index (χ4n) is 4.30. The summed E-state index contributed by atoms with van der Waals surface area (Å²) >= 11 is 1.96. The molecule has 0 aromatic heterocycles. The van der Waals surface area contributed by atoms with Crippen LogP contribution in [0.3, 0.4) is 0 Å². The molecule has 0 aromatic rings. The van der Waals surface area contributed by atoms with Crippen LogP contribution < -0.4 is 5.73 Å². The maximum absolute atomic E-state index is 13.2. The number of nitrogens with zero attached hydrogens (tertiary/aromatic N) is 1. The summed E-state index contributed by atoms with van der Waals surface area (Å²) in [4.78, 5) is 15.2. The molecular formula is C16H28N2O2S.